The van der Waals surface area contributed by atoms with Gasteiger partial charge in [0.15, 0.2) is 0 Å². The molecule has 0 spiro atoms. The van der Waals surface area contributed by atoms with Gasteiger partial charge in [-0.2, -0.15) is 0 Å². The average molecular weight is 291 g/mol. The third-order valence-electron chi connectivity index (χ3n) is 3.07. The minimum absolute atomic E-state index is 0. The van der Waals surface area contributed by atoms with Gasteiger partial charge in [-0.15, -0.1) is 12.4 Å². The first kappa shape index (κ1) is 15.4. The van der Waals surface area contributed by atoms with Crippen LogP contribution in [0.5, 0.6) is 0 Å². The van der Waals surface area contributed by atoms with Crippen molar-refractivity contribution in [2.45, 2.75) is 30.6 Å². The number of aryl methyl sites for hydroxylation is 2. The topological polar surface area (TPSA) is 72.2 Å². The Balaban J connectivity index is 0.00000162. The van der Waals surface area contributed by atoms with Gasteiger partial charge in [-0.05, 0) is 48.9 Å². The molecule has 3 N–H and O–H groups in total. The monoisotopic (exact) mass is 290 g/mol. The van der Waals surface area contributed by atoms with Crippen molar-refractivity contribution in [2.24, 2.45) is 5.73 Å². The maximum Gasteiger partial charge on any atom is 0.240 e. The summed E-state index contributed by atoms with van der Waals surface area (Å²) in [4.78, 5) is 0.353. The highest BCUT2D eigenvalue weighted by atomic mass is 35.5. The maximum atomic E-state index is 11.9. The summed E-state index contributed by atoms with van der Waals surface area (Å²) in [6, 6.07) is 5.42. The van der Waals surface area contributed by atoms with Crippen molar-refractivity contribution >= 4 is 22.4 Å². The van der Waals surface area contributed by atoms with E-state index in [1.807, 2.05) is 6.07 Å². The Morgan fingerprint density at radius 2 is 1.83 bits per heavy atom. The van der Waals surface area contributed by atoms with Crippen LogP contribution in [0, 0.1) is 0 Å². The fourth-order valence-corrected chi connectivity index (χ4v) is 3.25. The predicted molar refractivity (Wildman–Crippen MR) is 74.6 cm³/mol. The zero-order valence-corrected chi connectivity index (χ0v) is 11.8. The van der Waals surface area contributed by atoms with Gasteiger partial charge in [0.05, 0.1) is 4.90 Å². The van der Waals surface area contributed by atoms with E-state index < -0.39 is 10.0 Å². The van der Waals surface area contributed by atoms with Crippen molar-refractivity contribution in [1.82, 2.24) is 4.72 Å². The number of fused-ring (bicyclic) bond motifs is 1. The van der Waals surface area contributed by atoms with E-state index >= 15 is 0 Å². The summed E-state index contributed by atoms with van der Waals surface area (Å²) in [5.74, 6) is 0. The van der Waals surface area contributed by atoms with Crippen LogP contribution in [0.3, 0.4) is 0 Å². The van der Waals surface area contributed by atoms with Crippen LogP contribution in [0.1, 0.15) is 24.0 Å². The molecule has 1 aromatic carbocycles. The lowest BCUT2D eigenvalue weighted by atomic mass is 9.92. The van der Waals surface area contributed by atoms with E-state index in [9.17, 15) is 8.42 Å². The van der Waals surface area contributed by atoms with E-state index in [0.717, 1.165) is 19.3 Å². The Labute approximate surface area is 114 Å². The molecule has 0 fully saturated rings. The molecule has 18 heavy (non-hydrogen) atoms. The fourth-order valence-electron chi connectivity index (χ4n) is 2.15. The lowest BCUT2D eigenvalue weighted by Gasteiger charge is -2.16. The molecule has 0 saturated carbocycles. The van der Waals surface area contributed by atoms with Crippen LogP contribution < -0.4 is 10.5 Å². The third-order valence-corrected chi connectivity index (χ3v) is 4.53. The molecule has 4 nitrogen and oxygen atoms in total. The quantitative estimate of drug-likeness (QED) is 0.876. The summed E-state index contributed by atoms with van der Waals surface area (Å²) >= 11 is 0. The zero-order valence-electron chi connectivity index (χ0n) is 10.2. The molecule has 1 aliphatic rings. The van der Waals surface area contributed by atoms with Crippen LogP contribution in [-0.2, 0) is 22.9 Å². The second kappa shape index (κ2) is 6.52. The van der Waals surface area contributed by atoms with Gasteiger partial charge in [0, 0.05) is 13.1 Å². The van der Waals surface area contributed by atoms with Gasteiger partial charge in [0.2, 0.25) is 10.0 Å². The number of nitrogens with two attached hydrogens (primary N) is 1. The second-order valence-corrected chi connectivity index (χ2v) is 6.09. The van der Waals surface area contributed by atoms with Gasteiger partial charge in [-0.1, -0.05) is 6.07 Å². The smallest absolute Gasteiger partial charge is 0.240 e. The van der Waals surface area contributed by atoms with Crippen LogP contribution >= 0.6 is 12.4 Å². The Morgan fingerprint density at radius 3 is 2.50 bits per heavy atom. The van der Waals surface area contributed by atoms with Crippen LogP contribution in [0.2, 0.25) is 0 Å². The van der Waals surface area contributed by atoms with Crippen molar-refractivity contribution in [3.8, 4) is 0 Å². The van der Waals surface area contributed by atoms with Crippen LogP contribution in [0.4, 0.5) is 0 Å². The summed E-state index contributed by atoms with van der Waals surface area (Å²) in [5.41, 5.74) is 7.76. The van der Waals surface area contributed by atoms with Crippen molar-refractivity contribution in [2.75, 3.05) is 13.1 Å². The van der Waals surface area contributed by atoms with Crippen molar-refractivity contribution < 1.29 is 8.42 Å². The molecular formula is C12H19ClN2O2S. The minimum atomic E-state index is -3.39. The number of nitrogens with one attached hydrogen (secondary N) is 1. The van der Waals surface area contributed by atoms with E-state index in [2.05, 4.69) is 4.72 Å². The van der Waals surface area contributed by atoms with Gasteiger partial charge >= 0.3 is 0 Å². The van der Waals surface area contributed by atoms with Crippen molar-refractivity contribution in [3.63, 3.8) is 0 Å². The number of hydrogen-bond acceptors (Lipinski definition) is 3. The molecule has 0 atom stereocenters. The van der Waals surface area contributed by atoms with Crippen LogP contribution in [0.25, 0.3) is 0 Å². The van der Waals surface area contributed by atoms with Crippen LogP contribution in [-0.4, -0.2) is 21.5 Å². The molecule has 2 rings (SSSR count). The zero-order chi connectivity index (χ0) is 12.3. The first-order valence-corrected chi connectivity index (χ1v) is 7.43. The number of rotatable bonds is 4. The normalized spacial score (nSPS) is 14.7. The number of sulfonamides is 1. The molecule has 1 aromatic rings. The summed E-state index contributed by atoms with van der Waals surface area (Å²) < 4.78 is 26.3. The molecule has 0 amide bonds. The lowest BCUT2D eigenvalue weighted by Crippen LogP contribution is -2.29. The van der Waals surface area contributed by atoms with E-state index in [-0.39, 0.29) is 19.0 Å². The number of halogens is 1. The molecule has 1 aliphatic carbocycles. The highest BCUT2D eigenvalue weighted by molar-refractivity contribution is 7.89. The van der Waals surface area contributed by atoms with Crippen molar-refractivity contribution in [3.05, 3.63) is 29.3 Å². The molecule has 0 saturated heterocycles. The summed E-state index contributed by atoms with van der Waals surface area (Å²) in [7, 11) is -3.39. The molecule has 102 valence electrons. The maximum absolute atomic E-state index is 11.9. The Kier molecular flexibility index (Phi) is 5.59. The van der Waals surface area contributed by atoms with Gasteiger partial charge in [-0.25, -0.2) is 13.1 Å². The lowest BCUT2D eigenvalue weighted by molar-refractivity contribution is 0.581. The van der Waals surface area contributed by atoms with E-state index in [0.29, 0.717) is 11.4 Å². The first-order valence-electron chi connectivity index (χ1n) is 5.95. The second-order valence-electron chi connectivity index (χ2n) is 4.32. The third kappa shape index (κ3) is 3.45. The standard InChI is InChI=1S/C12H18N2O2S.ClH/c13-7-8-14-17(15,16)12-6-5-10-3-1-2-4-11(10)9-12;/h5-6,9,14H,1-4,7-8,13H2;1H. The molecule has 0 radical (unpaired) electrons. The molecular weight excluding hydrogens is 272 g/mol. The largest absolute Gasteiger partial charge is 0.329 e. The molecule has 6 heteroatoms. The summed E-state index contributed by atoms with van der Waals surface area (Å²) in [6.07, 6.45) is 4.39. The SMILES string of the molecule is Cl.NCCNS(=O)(=O)c1ccc2c(c1)CCCC2. The van der Waals surface area contributed by atoms with Gasteiger partial charge in [0.25, 0.3) is 0 Å². The minimum Gasteiger partial charge on any atom is -0.329 e. The summed E-state index contributed by atoms with van der Waals surface area (Å²) in [5, 5.41) is 0. The van der Waals surface area contributed by atoms with Gasteiger partial charge < -0.3 is 5.73 Å². The van der Waals surface area contributed by atoms with E-state index in [1.54, 1.807) is 12.1 Å². The van der Waals surface area contributed by atoms with E-state index in [1.165, 1.54) is 17.5 Å². The molecule has 0 aliphatic heterocycles. The average Bonchev–Trinajstić information content (AvgIpc) is 2.36. The number of hydrogen-bond donors (Lipinski definition) is 2. The fraction of sp³-hybridized carbons (Fsp3) is 0.500. The van der Waals surface area contributed by atoms with Crippen LogP contribution in [0.15, 0.2) is 23.1 Å². The predicted octanol–water partition coefficient (Wildman–Crippen LogP) is 1.22. The highest BCUT2D eigenvalue weighted by Crippen LogP contribution is 2.23. The Hall–Kier alpha value is -0.620. The van der Waals surface area contributed by atoms with E-state index in [4.69, 9.17) is 5.73 Å². The molecule has 0 heterocycles. The molecule has 0 unspecified atom stereocenters. The number of benzene rings is 1. The molecule has 0 bridgehead atoms. The van der Waals surface area contributed by atoms with Gasteiger partial charge in [0.1, 0.15) is 0 Å². The highest BCUT2D eigenvalue weighted by Gasteiger charge is 2.16. The van der Waals surface area contributed by atoms with Gasteiger partial charge in [-0.3, -0.25) is 0 Å². The Morgan fingerprint density at radius 1 is 1.17 bits per heavy atom. The summed E-state index contributed by atoms with van der Waals surface area (Å²) in [6.45, 7) is 0.587. The molecule has 0 aromatic heterocycles. The Bertz CT molecular complexity index is 503. The first-order chi connectivity index (χ1) is 8.13. The van der Waals surface area contributed by atoms with Crippen molar-refractivity contribution in [1.29, 1.82) is 0 Å².